The highest BCUT2D eigenvalue weighted by atomic mass is 79.9. The van der Waals surface area contributed by atoms with Crippen molar-refractivity contribution < 1.29 is 4.79 Å². The molecule has 0 spiro atoms. The number of nitrogens with one attached hydrogen (secondary N) is 2. The summed E-state index contributed by atoms with van der Waals surface area (Å²) in [7, 11) is 0. The SMILES string of the molecule is O=C(CSc1ncnc2c1[nH]c1ccc(Br)cc12)NC1CCCCC1. The molecule has 2 N–H and O–H groups in total. The van der Waals surface area contributed by atoms with Crippen molar-refractivity contribution in [3.05, 3.63) is 29.0 Å². The number of aromatic nitrogens is 3. The molecule has 25 heavy (non-hydrogen) atoms. The second kappa shape index (κ2) is 7.33. The van der Waals surface area contributed by atoms with Crippen LogP contribution in [0.15, 0.2) is 34.0 Å². The second-order valence-electron chi connectivity index (χ2n) is 6.41. The summed E-state index contributed by atoms with van der Waals surface area (Å²) in [5, 5.41) is 5.02. The molecule has 0 atom stereocenters. The van der Waals surface area contributed by atoms with Crippen LogP contribution in [-0.2, 0) is 4.79 Å². The van der Waals surface area contributed by atoms with Crippen LogP contribution in [0.5, 0.6) is 0 Å². The molecule has 1 amide bonds. The predicted octanol–water partition coefficient (Wildman–Crippen LogP) is 4.41. The van der Waals surface area contributed by atoms with E-state index in [2.05, 4.69) is 36.2 Å². The van der Waals surface area contributed by atoms with Gasteiger partial charge in [-0.2, -0.15) is 0 Å². The van der Waals surface area contributed by atoms with Crippen LogP contribution >= 0.6 is 27.7 Å². The van der Waals surface area contributed by atoms with E-state index < -0.39 is 0 Å². The van der Waals surface area contributed by atoms with E-state index in [-0.39, 0.29) is 5.91 Å². The number of rotatable bonds is 4. The summed E-state index contributed by atoms with van der Waals surface area (Å²) in [4.78, 5) is 24.4. The minimum Gasteiger partial charge on any atom is -0.353 e. The maximum atomic E-state index is 12.2. The van der Waals surface area contributed by atoms with Gasteiger partial charge in [-0.25, -0.2) is 9.97 Å². The van der Waals surface area contributed by atoms with Crippen molar-refractivity contribution in [2.24, 2.45) is 0 Å². The third-order valence-electron chi connectivity index (χ3n) is 4.62. The van der Waals surface area contributed by atoms with E-state index in [0.29, 0.717) is 11.8 Å². The van der Waals surface area contributed by atoms with Crippen LogP contribution in [0.1, 0.15) is 32.1 Å². The molecule has 0 saturated heterocycles. The first kappa shape index (κ1) is 16.8. The van der Waals surface area contributed by atoms with E-state index in [1.54, 1.807) is 6.33 Å². The van der Waals surface area contributed by atoms with Gasteiger partial charge in [-0.1, -0.05) is 47.0 Å². The number of amides is 1. The molecule has 0 unspecified atom stereocenters. The highest BCUT2D eigenvalue weighted by molar-refractivity contribution is 9.10. The van der Waals surface area contributed by atoms with Gasteiger partial charge in [0.15, 0.2) is 0 Å². The molecular formula is C18H19BrN4OS. The van der Waals surface area contributed by atoms with Crippen LogP contribution in [0.3, 0.4) is 0 Å². The zero-order valence-electron chi connectivity index (χ0n) is 13.7. The van der Waals surface area contributed by atoms with Crippen molar-refractivity contribution in [1.29, 1.82) is 0 Å². The molecule has 2 heterocycles. The summed E-state index contributed by atoms with van der Waals surface area (Å²) < 4.78 is 1.01. The fourth-order valence-corrected chi connectivity index (χ4v) is 4.53. The number of thioether (sulfide) groups is 1. The lowest BCUT2D eigenvalue weighted by Gasteiger charge is -2.22. The smallest absolute Gasteiger partial charge is 0.230 e. The Labute approximate surface area is 158 Å². The maximum absolute atomic E-state index is 12.2. The molecule has 0 aliphatic heterocycles. The van der Waals surface area contributed by atoms with E-state index >= 15 is 0 Å². The highest BCUT2D eigenvalue weighted by Gasteiger charge is 2.17. The fourth-order valence-electron chi connectivity index (χ4n) is 3.40. The zero-order valence-corrected chi connectivity index (χ0v) is 16.1. The summed E-state index contributed by atoms with van der Waals surface area (Å²) in [5.74, 6) is 0.462. The van der Waals surface area contributed by atoms with Crippen LogP contribution in [0, 0.1) is 0 Å². The number of carbonyl (C=O) groups excluding carboxylic acids is 1. The lowest BCUT2D eigenvalue weighted by Crippen LogP contribution is -2.37. The van der Waals surface area contributed by atoms with E-state index in [0.717, 1.165) is 44.3 Å². The summed E-state index contributed by atoms with van der Waals surface area (Å²) in [6.07, 6.45) is 7.50. The first-order valence-electron chi connectivity index (χ1n) is 8.55. The molecule has 3 aromatic rings. The van der Waals surface area contributed by atoms with Crippen LogP contribution in [0.2, 0.25) is 0 Å². The lowest BCUT2D eigenvalue weighted by molar-refractivity contribution is -0.119. The summed E-state index contributed by atoms with van der Waals surface area (Å²) in [6, 6.07) is 6.41. The maximum Gasteiger partial charge on any atom is 0.230 e. The Morgan fingerprint density at radius 2 is 2.12 bits per heavy atom. The molecule has 0 bridgehead atoms. The van der Waals surface area contributed by atoms with Gasteiger partial charge in [-0.15, -0.1) is 0 Å². The second-order valence-corrected chi connectivity index (χ2v) is 8.29. The number of hydrogen-bond acceptors (Lipinski definition) is 4. The first-order chi connectivity index (χ1) is 12.2. The van der Waals surface area contributed by atoms with Crippen molar-refractivity contribution in [3.8, 4) is 0 Å². The molecule has 1 aromatic carbocycles. The number of fused-ring (bicyclic) bond motifs is 3. The van der Waals surface area contributed by atoms with Gasteiger partial charge in [-0.05, 0) is 31.0 Å². The molecule has 1 aliphatic carbocycles. The van der Waals surface area contributed by atoms with Crippen molar-refractivity contribution >= 4 is 55.5 Å². The number of aromatic amines is 1. The summed E-state index contributed by atoms with van der Waals surface area (Å²) in [6.45, 7) is 0. The first-order valence-corrected chi connectivity index (χ1v) is 10.3. The third-order valence-corrected chi connectivity index (χ3v) is 6.10. The van der Waals surface area contributed by atoms with E-state index in [9.17, 15) is 4.79 Å². The molecule has 1 aliphatic rings. The largest absolute Gasteiger partial charge is 0.353 e. The Balaban J connectivity index is 1.51. The van der Waals surface area contributed by atoms with E-state index in [4.69, 9.17) is 0 Å². The van der Waals surface area contributed by atoms with Crippen molar-refractivity contribution in [2.75, 3.05) is 5.75 Å². The number of hydrogen-bond donors (Lipinski definition) is 2. The van der Waals surface area contributed by atoms with Gasteiger partial charge < -0.3 is 10.3 Å². The summed E-state index contributed by atoms with van der Waals surface area (Å²) in [5.41, 5.74) is 2.81. The quantitative estimate of drug-likeness (QED) is 0.485. The van der Waals surface area contributed by atoms with Gasteiger partial charge in [0.05, 0.1) is 11.3 Å². The van der Waals surface area contributed by atoms with Gasteiger partial charge in [0.2, 0.25) is 5.91 Å². The monoisotopic (exact) mass is 418 g/mol. The van der Waals surface area contributed by atoms with E-state index in [1.807, 2.05) is 18.2 Å². The molecule has 2 aromatic heterocycles. The third kappa shape index (κ3) is 3.67. The van der Waals surface area contributed by atoms with Crippen molar-refractivity contribution in [3.63, 3.8) is 0 Å². The average Bonchev–Trinajstić information content (AvgIpc) is 2.99. The predicted molar refractivity (Wildman–Crippen MR) is 105 cm³/mol. The lowest BCUT2D eigenvalue weighted by atomic mass is 9.95. The van der Waals surface area contributed by atoms with Crippen LogP contribution in [0.25, 0.3) is 21.9 Å². The number of nitrogens with zero attached hydrogens (tertiary/aromatic N) is 2. The fraction of sp³-hybridized carbons (Fsp3) is 0.389. The topological polar surface area (TPSA) is 70.7 Å². The number of H-pyrrole nitrogens is 1. The van der Waals surface area contributed by atoms with Gasteiger partial charge >= 0.3 is 0 Å². The molecule has 130 valence electrons. The molecule has 1 saturated carbocycles. The van der Waals surface area contributed by atoms with Gasteiger partial charge in [0.25, 0.3) is 0 Å². The molecule has 4 rings (SSSR count). The van der Waals surface area contributed by atoms with Crippen LogP contribution in [0.4, 0.5) is 0 Å². The average molecular weight is 419 g/mol. The highest BCUT2D eigenvalue weighted by Crippen LogP contribution is 2.31. The minimum atomic E-state index is 0.0857. The molecule has 1 fully saturated rings. The molecule has 7 heteroatoms. The van der Waals surface area contributed by atoms with Crippen LogP contribution < -0.4 is 5.32 Å². The summed E-state index contributed by atoms with van der Waals surface area (Å²) >= 11 is 4.96. The van der Waals surface area contributed by atoms with Gasteiger partial charge in [0.1, 0.15) is 16.9 Å². The van der Waals surface area contributed by atoms with Gasteiger partial charge in [0, 0.05) is 21.4 Å². The zero-order chi connectivity index (χ0) is 17.2. The number of carbonyl (C=O) groups is 1. The van der Waals surface area contributed by atoms with Crippen LogP contribution in [-0.4, -0.2) is 32.7 Å². The van der Waals surface area contributed by atoms with Crippen molar-refractivity contribution in [1.82, 2.24) is 20.3 Å². The number of benzene rings is 1. The number of halogens is 1. The normalized spacial score (nSPS) is 15.7. The Morgan fingerprint density at radius 3 is 2.96 bits per heavy atom. The Bertz CT molecular complexity index is 920. The Morgan fingerprint density at radius 1 is 1.28 bits per heavy atom. The minimum absolute atomic E-state index is 0.0857. The molecular weight excluding hydrogens is 400 g/mol. The molecule has 5 nitrogen and oxygen atoms in total. The molecule has 0 radical (unpaired) electrons. The Hall–Kier alpha value is -1.60. The Kier molecular flexibility index (Phi) is 4.94. The van der Waals surface area contributed by atoms with Crippen molar-refractivity contribution in [2.45, 2.75) is 43.2 Å². The van der Waals surface area contributed by atoms with E-state index in [1.165, 1.54) is 31.0 Å². The van der Waals surface area contributed by atoms with Gasteiger partial charge in [-0.3, -0.25) is 4.79 Å². The standard InChI is InChI=1S/C18H19BrN4OS/c19-11-6-7-14-13(8-11)16-17(23-14)18(21-10-20-16)25-9-15(24)22-12-4-2-1-3-5-12/h6-8,10,12,23H,1-5,9H2,(H,22,24).